The number of hydrogen-bond donors (Lipinski definition) is 0. The van der Waals surface area contributed by atoms with Crippen LogP contribution in [0.3, 0.4) is 0 Å². The molecule has 4 bridgehead atoms. The van der Waals surface area contributed by atoms with Gasteiger partial charge in [-0.1, -0.05) is 6.92 Å². The lowest BCUT2D eigenvalue weighted by molar-refractivity contribution is -0.176. The maximum Gasteiger partial charge on any atom is 0.312 e. The minimum absolute atomic E-state index is 0.00812. The second-order valence-electron chi connectivity index (χ2n) is 9.58. The summed E-state index contributed by atoms with van der Waals surface area (Å²) in [5, 5.41) is 0. The van der Waals surface area contributed by atoms with Crippen LogP contribution in [0.1, 0.15) is 52.4 Å². The molecule has 0 spiro atoms. The molecule has 0 aromatic carbocycles. The predicted octanol–water partition coefficient (Wildman–Crippen LogP) is 2.51. The van der Waals surface area contributed by atoms with Crippen LogP contribution >= 0.6 is 0 Å². The Morgan fingerprint density at radius 2 is 1.96 bits per heavy atom. The number of carbonyl (C=O) groups is 3. The molecule has 4 aliphatic carbocycles. The maximum absolute atomic E-state index is 13.1. The maximum atomic E-state index is 13.1. The van der Waals surface area contributed by atoms with Gasteiger partial charge in [0.25, 0.3) is 0 Å². The fourth-order valence-electron chi connectivity index (χ4n) is 6.75. The monoisotopic (exact) mass is 346 g/mol. The van der Waals surface area contributed by atoms with E-state index < -0.39 is 5.41 Å². The number of fused-ring (bicyclic) bond motifs is 3. The average Bonchev–Trinajstić information content (AvgIpc) is 3.17. The molecule has 0 aromatic rings. The Hall–Kier alpha value is -1.39. The van der Waals surface area contributed by atoms with Crippen molar-refractivity contribution in [1.29, 1.82) is 0 Å². The van der Waals surface area contributed by atoms with Crippen molar-refractivity contribution in [3.63, 3.8) is 0 Å². The Morgan fingerprint density at radius 1 is 1.16 bits per heavy atom. The van der Waals surface area contributed by atoms with E-state index in [0.717, 1.165) is 32.1 Å². The molecule has 5 aliphatic rings. The Labute approximate surface area is 147 Å². The van der Waals surface area contributed by atoms with Crippen molar-refractivity contribution in [2.24, 2.45) is 40.9 Å². The first-order chi connectivity index (χ1) is 11.9. The van der Waals surface area contributed by atoms with Gasteiger partial charge in [0.2, 0.25) is 0 Å². The van der Waals surface area contributed by atoms with Crippen LogP contribution in [0, 0.1) is 40.9 Å². The minimum Gasteiger partial charge on any atom is -0.458 e. The quantitative estimate of drug-likeness (QED) is 0.719. The normalized spacial score (nSPS) is 53.0. The van der Waals surface area contributed by atoms with Crippen LogP contribution in [0.4, 0.5) is 0 Å². The summed E-state index contributed by atoms with van der Waals surface area (Å²) in [6.45, 7) is 3.98. The predicted molar refractivity (Wildman–Crippen MR) is 87.2 cm³/mol. The largest absolute Gasteiger partial charge is 0.458 e. The molecule has 0 aromatic heterocycles. The van der Waals surface area contributed by atoms with Crippen LogP contribution < -0.4 is 0 Å². The molecule has 0 amide bonds. The van der Waals surface area contributed by atoms with Crippen molar-refractivity contribution >= 4 is 17.7 Å². The lowest BCUT2D eigenvalue weighted by atomic mass is 9.59. The van der Waals surface area contributed by atoms with Gasteiger partial charge in [-0.15, -0.1) is 0 Å². The molecule has 5 fully saturated rings. The highest BCUT2D eigenvalue weighted by Gasteiger charge is 2.64. The minimum atomic E-state index is -0.576. The van der Waals surface area contributed by atoms with Gasteiger partial charge in [-0.25, -0.2) is 0 Å². The van der Waals surface area contributed by atoms with Gasteiger partial charge < -0.3 is 9.47 Å². The first-order valence-corrected chi connectivity index (χ1v) is 9.81. The van der Waals surface area contributed by atoms with Gasteiger partial charge in [-0.2, -0.15) is 0 Å². The molecule has 1 aliphatic heterocycles. The van der Waals surface area contributed by atoms with E-state index in [4.69, 9.17) is 9.47 Å². The summed E-state index contributed by atoms with van der Waals surface area (Å²) in [7, 11) is 0. The van der Waals surface area contributed by atoms with E-state index >= 15 is 0 Å². The summed E-state index contributed by atoms with van der Waals surface area (Å²) >= 11 is 0. The lowest BCUT2D eigenvalue weighted by Crippen LogP contribution is -2.47. The molecule has 5 rings (SSSR count). The van der Waals surface area contributed by atoms with Crippen LogP contribution in [0.15, 0.2) is 0 Å². The van der Waals surface area contributed by atoms with E-state index in [1.807, 2.05) is 13.8 Å². The fraction of sp³-hybridized carbons (Fsp3) is 0.850. The molecular weight excluding hydrogens is 320 g/mol. The van der Waals surface area contributed by atoms with Crippen molar-refractivity contribution in [3.05, 3.63) is 0 Å². The summed E-state index contributed by atoms with van der Waals surface area (Å²) in [4.78, 5) is 37.4. The fourth-order valence-corrected chi connectivity index (χ4v) is 6.75. The molecule has 5 nitrogen and oxygen atoms in total. The molecule has 136 valence electrons. The van der Waals surface area contributed by atoms with E-state index in [0.29, 0.717) is 18.1 Å². The van der Waals surface area contributed by atoms with Gasteiger partial charge in [0.15, 0.2) is 0 Å². The van der Waals surface area contributed by atoms with Gasteiger partial charge in [-0.05, 0) is 51.4 Å². The molecule has 0 radical (unpaired) electrons. The first kappa shape index (κ1) is 15.8. The Morgan fingerprint density at radius 3 is 2.76 bits per heavy atom. The highest BCUT2D eigenvalue weighted by molar-refractivity contribution is 5.86. The molecule has 1 saturated heterocycles. The highest BCUT2D eigenvalue weighted by Crippen LogP contribution is 2.56. The molecule has 25 heavy (non-hydrogen) atoms. The number of rotatable bonds is 2. The van der Waals surface area contributed by atoms with Crippen LogP contribution in [-0.4, -0.2) is 29.9 Å². The van der Waals surface area contributed by atoms with E-state index in [2.05, 4.69) is 0 Å². The Balaban J connectivity index is 1.32. The number of Topliss-reactive ketones (excluding diaryl/α,β-unsaturated/α-hetero) is 1. The zero-order valence-electron chi connectivity index (χ0n) is 14.9. The van der Waals surface area contributed by atoms with Crippen molar-refractivity contribution < 1.29 is 23.9 Å². The molecule has 9 unspecified atom stereocenters. The highest BCUT2D eigenvalue weighted by atomic mass is 16.6. The SMILES string of the molecule is CC1CC2CC(CC(C)(C(=O)OC3C4CC5C(=O)OC3C5C4)C2)C1=O. The molecule has 1 heterocycles. The zero-order chi connectivity index (χ0) is 17.5. The zero-order valence-corrected chi connectivity index (χ0v) is 14.9. The lowest BCUT2D eigenvalue weighted by Gasteiger charge is -2.45. The topological polar surface area (TPSA) is 69.7 Å². The summed E-state index contributed by atoms with van der Waals surface area (Å²) in [5.74, 6) is 1.17. The van der Waals surface area contributed by atoms with Gasteiger partial charge in [0, 0.05) is 23.7 Å². The first-order valence-electron chi connectivity index (χ1n) is 9.81. The third-order valence-corrected chi connectivity index (χ3v) is 7.78. The van der Waals surface area contributed by atoms with Crippen LogP contribution in [0.2, 0.25) is 0 Å². The van der Waals surface area contributed by atoms with Gasteiger partial charge in [0.1, 0.15) is 18.0 Å². The standard InChI is InChI=1S/C20H26O5/c1-9-3-10-4-12(15(9)21)8-20(2,7-10)19(23)25-16-11-5-13-14(6-11)18(22)24-17(13)16/h9-14,16-17H,3-8H2,1-2H3. The van der Waals surface area contributed by atoms with E-state index in [1.165, 1.54) is 0 Å². The summed E-state index contributed by atoms with van der Waals surface area (Å²) in [5.41, 5.74) is -0.576. The summed E-state index contributed by atoms with van der Waals surface area (Å²) in [6.07, 6.45) is 4.50. The number of esters is 2. The van der Waals surface area contributed by atoms with Gasteiger partial charge in [-0.3, -0.25) is 14.4 Å². The van der Waals surface area contributed by atoms with Crippen molar-refractivity contribution in [2.75, 3.05) is 0 Å². The van der Waals surface area contributed by atoms with Crippen LogP contribution in [-0.2, 0) is 23.9 Å². The van der Waals surface area contributed by atoms with Crippen LogP contribution in [0.5, 0.6) is 0 Å². The Bertz CT molecular complexity index is 654. The molecular formula is C20H26O5. The van der Waals surface area contributed by atoms with E-state index in [9.17, 15) is 14.4 Å². The number of hydrogen-bond acceptors (Lipinski definition) is 5. The second-order valence-corrected chi connectivity index (χ2v) is 9.58. The molecule has 5 heteroatoms. The van der Waals surface area contributed by atoms with E-state index in [-0.39, 0.29) is 53.7 Å². The van der Waals surface area contributed by atoms with Crippen molar-refractivity contribution in [3.8, 4) is 0 Å². The third kappa shape index (κ3) is 2.16. The molecule has 9 atom stereocenters. The second kappa shape index (κ2) is 5.08. The number of carbonyl (C=O) groups excluding carboxylic acids is 3. The van der Waals surface area contributed by atoms with Crippen LogP contribution in [0.25, 0.3) is 0 Å². The van der Waals surface area contributed by atoms with E-state index in [1.54, 1.807) is 0 Å². The number of ether oxygens (including phenoxy) is 2. The van der Waals surface area contributed by atoms with Gasteiger partial charge in [0.05, 0.1) is 11.3 Å². The van der Waals surface area contributed by atoms with Gasteiger partial charge >= 0.3 is 11.9 Å². The van der Waals surface area contributed by atoms with Crippen molar-refractivity contribution in [1.82, 2.24) is 0 Å². The molecule has 4 saturated carbocycles. The third-order valence-electron chi connectivity index (χ3n) is 7.78. The average molecular weight is 346 g/mol. The molecule has 0 N–H and O–H groups in total. The Kier molecular flexibility index (Phi) is 3.21. The van der Waals surface area contributed by atoms with Crippen molar-refractivity contribution in [2.45, 2.75) is 64.6 Å². The smallest absolute Gasteiger partial charge is 0.312 e. The summed E-state index contributed by atoms with van der Waals surface area (Å²) in [6, 6.07) is 0. The number of ketones is 1. The summed E-state index contributed by atoms with van der Waals surface area (Å²) < 4.78 is 11.5.